The van der Waals surface area contributed by atoms with Gasteiger partial charge in [0.05, 0.1) is 0 Å². The molecule has 0 aliphatic carbocycles. The van der Waals surface area contributed by atoms with Gasteiger partial charge in [0.2, 0.25) is 0 Å². The van der Waals surface area contributed by atoms with E-state index in [-0.39, 0.29) is 23.3 Å². The number of carbonyl (C=O) groups excluding carboxylic acids is 1. The van der Waals surface area contributed by atoms with Crippen LogP contribution >= 0.6 is 0 Å². The van der Waals surface area contributed by atoms with E-state index in [1.807, 2.05) is 43.3 Å². The lowest BCUT2D eigenvalue weighted by Gasteiger charge is -2.43. The first-order valence-electron chi connectivity index (χ1n) is 12.3. The summed E-state index contributed by atoms with van der Waals surface area (Å²) >= 11 is 0. The van der Waals surface area contributed by atoms with E-state index in [2.05, 4.69) is 58.5 Å². The maximum Gasteiger partial charge on any atom is 0.490 e. The molecule has 0 aliphatic rings. The normalized spacial score (nSPS) is 16.0. The van der Waals surface area contributed by atoms with Crippen LogP contribution < -0.4 is 10.4 Å². The smallest absolute Gasteiger partial charge is 0.448 e. The number of halogens is 3. The zero-order valence-corrected chi connectivity index (χ0v) is 23.2. The van der Waals surface area contributed by atoms with Gasteiger partial charge in [-0.25, -0.2) is 4.79 Å². The number of rotatable bonds is 11. The van der Waals surface area contributed by atoms with Crippen LogP contribution in [-0.2, 0) is 14.0 Å². The van der Waals surface area contributed by atoms with Gasteiger partial charge in [-0.1, -0.05) is 102 Å². The molecule has 0 amide bonds. The van der Waals surface area contributed by atoms with Crippen molar-refractivity contribution in [3.05, 3.63) is 73.3 Å². The van der Waals surface area contributed by atoms with Crippen LogP contribution in [0.4, 0.5) is 13.2 Å². The van der Waals surface area contributed by atoms with Gasteiger partial charge in [-0.2, -0.15) is 13.2 Å². The molecule has 1 unspecified atom stereocenters. The van der Waals surface area contributed by atoms with Crippen LogP contribution in [0.25, 0.3) is 0 Å². The van der Waals surface area contributed by atoms with Crippen molar-refractivity contribution in [3.8, 4) is 0 Å². The number of ether oxygens (including phenoxy) is 1. The van der Waals surface area contributed by atoms with Crippen LogP contribution in [0.15, 0.2) is 73.3 Å². The third-order valence-corrected chi connectivity index (χ3v) is 11.6. The maximum absolute atomic E-state index is 12.7. The van der Waals surface area contributed by atoms with Gasteiger partial charge in [-0.15, -0.1) is 0 Å². The Hall–Kier alpha value is -2.38. The van der Waals surface area contributed by atoms with E-state index < -0.39 is 26.1 Å². The minimum Gasteiger partial charge on any atom is -0.448 e. The average molecular weight is 521 g/mol. The number of hydrogen-bond donors (Lipinski definition) is 0. The molecule has 0 aliphatic heterocycles. The quantitative estimate of drug-likeness (QED) is 0.189. The van der Waals surface area contributed by atoms with Crippen LogP contribution in [0.3, 0.4) is 0 Å². The molecule has 198 valence electrons. The molecule has 0 bridgehead atoms. The molecule has 3 atom stereocenters. The Balaban J connectivity index is 2.21. The molecule has 7 heteroatoms. The van der Waals surface area contributed by atoms with Gasteiger partial charge in [-0.3, -0.25) is 0 Å². The second kappa shape index (κ2) is 11.8. The fraction of sp³-hybridized carbons (Fsp3) is 0.483. The third-order valence-electron chi connectivity index (χ3n) is 6.55. The Bertz CT molecular complexity index is 947. The van der Waals surface area contributed by atoms with E-state index in [0.29, 0.717) is 13.0 Å². The summed E-state index contributed by atoms with van der Waals surface area (Å²) in [6, 6.07) is 20.7. The van der Waals surface area contributed by atoms with E-state index in [1.54, 1.807) is 0 Å². The Morgan fingerprint density at radius 1 is 0.917 bits per heavy atom. The topological polar surface area (TPSA) is 35.5 Å². The summed E-state index contributed by atoms with van der Waals surface area (Å²) in [5, 5.41) is 2.25. The Morgan fingerprint density at radius 2 is 1.39 bits per heavy atom. The summed E-state index contributed by atoms with van der Waals surface area (Å²) < 4.78 is 49.9. The van der Waals surface area contributed by atoms with Gasteiger partial charge in [-0.05, 0) is 53.1 Å². The van der Waals surface area contributed by atoms with Crippen LogP contribution in [0.5, 0.6) is 0 Å². The monoisotopic (exact) mass is 520 g/mol. The summed E-state index contributed by atoms with van der Waals surface area (Å²) in [4.78, 5) is 11.4. The fourth-order valence-corrected chi connectivity index (χ4v) is 9.69. The van der Waals surface area contributed by atoms with E-state index in [1.165, 1.54) is 23.4 Å². The first-order chi connectivity index (χ1) is 16.6. The van der Waals surface area contributed by atoms with Crippen molar-refractivity contribution in [2.24, 2.45) is 11.8 Å². The first-order valence-corrected chi connectivity index (χ1v) is 14.2. The lowest BCUT2D eigenvalue weighted by molar-refractivity contribution is -0.210. The van der Waals surface area contributed by atoms with Gasteiger partial charge in [0.1, 0.15) is 5.60 Å². The molecular weight excluding hydrogens is 481 g/mol. The molecule has 0 heterocycles. The van der Waals surface area contributed by atoms with E-state index in [9.17, 15) is 18.0 Å². The summed E-state index contributed by atoms with van der Waals surface area (Å²) in [6.07, 6.45) is -2.83. The van der Waals surface area contributed by atoms with Crippen LogP contribution in [0.1, 0.15) is 54.4 Å². The fourth-order valence-electron chi connectivity index (χ4n) is 5.00. The standard InChI is InChI=1S/C29H39F3O3Si/c1-8-28(7,35-26(33)29(30,31)32)20-22(2)19-23(3)21-34-36(27(4,5)6,24-15-11-9-12-16-24)25-17-13-10-14-18-25/h8-18,22-23H,1,19-21H2,2-7H3/t22-,23+,28?/m0/s1. The van der Waals surface area contributed by atoms with Gasteiger partial charge in [0.25, 0.3) is 8.32 Å². The molecule has 0 spiro atoms. The van der Waals surface area contributed by atoms with Crippen molar-refractivity contribution in [2.45, 2.75) is 71.2 Å². The van der Waals surface area contributed by atoms with Crippen LogP contribution in [-0.4, -0.2) is 32.7 Å². The van der Waals surface area contributed by atoms with Crippen molar-refractivity contribution < 1.29 is 27.1 Å². The van der Waals surface area contributed by atoms with Crippen molar-refractivity contribution in [2.75, 3.05) is 6.61 Å². The summed E-state index contributed by atoms with van der Waals surface area (Å²) in [6.45, 7) is 16.3. The minimum absolute atomic E-state index is 0.0215. The number of carbonyl (C=O) groups is 1. The second-order valence-corrected chi connectivity index (χ2v) is 15.3. The van der Waals surface area contributed by atoms with Gasteiger partial charge in [0, 0.05) is 6.61 Å². The highest BCUT2D eigenvalue weighted by Crippen LogP contribution is 2.37. The number of benzene rings is 2. The van der Waals surface area contributed by atoms with Gasteiger partial charge < -0.3 is 9.16 Å². The molecular formula is C29H39F3O3Si. The second-order valence-electron chi connectivity index (χ2n) is 11.0. The highest BCUT2D eigenvalue weighted by atomic mass is 28.4. The summed E-state index contributed by atoms with van der Waals surface area (Å²) in [5.41, 5.74) is -1.40. The lowest BCUT2D eigenvalue weighted by Crippen LogP contribution is -2.66. The molecule has 2 aromatic carbocycles. The molecule has 2 aromatic rings. The Labute approximate surface area is 214 Å². The number of alkyl halides is 3. The largest absolute Gasteiger partial charge is 0.490 e. The Morgan fingerprint density at radius 3 is 1.78 bits per heavy atom. The molecule has 36 heavy (non-hydrogen) atoms. The molecule has 0 aromatic heterocycles. The third kappa shape index (κ3) is 7.32. The van der Waals surface area contributed by atoms with Gasteiger partial charge >= 0.3 is 12.1 Å². The number of hydrogen-bond acceptors (Lipinski definition) is 3. The zero-order chi connectivity index (χ0) is 27.2. The first kappa shape index (κ1) is 29.8. The molecule has 0 radical (unpaired) electrons. The predicted octanol–water partition coefficient (Wildman–Crippen LogP) is 6.67. The highest BCUT2D eigenvalue weighted by molar-refractivity contribution is 6.99. The van der Waals surface area contributed by atoms with Crippen molar-refractivity contribution in [1.82, 2.24) is 0 Å². The minimum atomic E-state index is -5.04. The van der Waals surface area contributed by atoms with Crippen LogP contribution in [0, 0.1) is 11.8 Å². The number of esters is 1. The van der Waals surface area contributed by atoms with Crippen LogP contribution in [0.2, 0.25) is 5.04 Å². The average Bonchev–Trinajstić information content (AvgIpc) is 2.79. The van der Waals surface area contributed by atoms with E-state index in [4.69, 9.17) is 9.16 Å². The van der Waals surface area contributed by atoms with E-state index >= 15 is 0 Å². The van der Waals surface area contributed by atoms with Crippen molar-refractivity contribution in [1.29, 1.82) is 0 Å². The Kier molecular flexibility index (Phi) is 9.76. The van der Waals surface area contributed by atoms with E-state index in [0.717, 1.165) is 0 Å². The molecule has 2 rings (SSSR count). The summed E-state index contributed by atoms with van der Waals surface area (Å²) in [5.74, 6) is -2.08. The molecule has 0 N–H and O–H groups in total. The SMILES string of the molecule is C=CC(C)(C[C@@H](C)C[C@@H](C)CO[Si](c1ccccc1)(c1ccccc1)C(C)(C)C)OC(=O)C(F)(F)F. The van der Waals surface area contributed by atoms with Crippen molar-refractivity contribution >= 4 is 24.7 Å². The lowest BCUT2D eigenvalue weighted by atomic mass is 9.87. The summed E-state index contributed by atoms with van der Waals surface area (Å²) in [7, 11) is -2.67. The molecule has 0 saturated heterocycles. The van der Waals surface area contributed by atoms with Crippen molar-refractivity contribution in [3.63, 3.8) is 0 Å². The highest BCUT2D eigenvalue weighted by Gasteiger charge is 2.50. The molecule has 3 nitrogen and oxygen atoms in total. The zero-order valence-electron chi connectivity index (χ0n) is 22.2. The van der Waals surface area contributed by atoms with Gasteiger partial charge in [0.15, 0.2) is 0 Å². The molecule has 0 saturated carbocycles. The predicted molar refractivity (Wildman–Crippen MR) is 142 cm³/mol. The maximum atomic E-state index is 12.7. The molecule has 0 fully saturated rings.